The van der Waals surface area contributed by atoms with Crippen LogP contribution in [0.15, 0.2) is 18.2 Å². The topological polar surface area (TPSA) is 58.6 Å². The molecule has 150 valence electrons. The van der Waals surface area contributed by atoms with Crippen LogP contribution in [0.25, 0.3) is 0 Å². The number of amides is 2. The molecule has 1 aromatic carbocycles. The number of hydrogen-bond donors (Lipinski definition) is 1. The van der Waals surface area contributed by atoms with Crippen LogP contribution in [0, 0.1) is 23.0 Å². The van der Waals surface area contributed by atoms with Gasteiger partial charge in [-0.3, -0.25) is 9.59 Å². The molecule has 1 saturated heterocycles. The Morgan fingerprint density at radius 2 is 1.89 bits per heavy atom. The van der Waals surface area contributed by atoms with E-state index in [2.05, 4.69) is 5.32 Å². The van der Waals surface area contributed by atoms with E-state index in [0.717, 1.165) is 12.1 Å². The van der Waals surface area contributed by atoms with Crippen LogP contribution in [0.2, 0.25) is 0 Å². The molecule has 1 aliphatic heterocycles. The van der Waals surface area contributed by atoms with E-state index < -0.39 is 17.0 Å². The summed E-state index contributed by atoms with van der Waals surface area (Å²) in [6.07, 6.45) is 1.24. The minimum absolute atomic E-state index is 0.0495. The van der Waals surface area contributed by atoms with E-state index in [1.807, 2.05) is 25.7 Å². The fourth-order valence-corrected chi connectivity index (χ4v) is 3.03. The average molecular weight is 382 g/mol. The van der Waals surface area contributed by atoms with E-state index in [0.29, 0.717) is 25.9 Å². The van der Waals surface area contributed by atoms with Crippen LogP contribution in [-0.2, 0) is 9.59 Å². The van der Waals surface area contributed by atoms with Crippen molar-refractivity contribution < 1.29 is 23.1 Å². The molecule has 0 radical (unpaired) electrons. The summed E-state index contributed by atoms with van der Waals surface area (Å²) in [6, 6.07) is 2.77. The number of ether oxygens (including phenoxy) is 1. The molecule has 7 heteroatoms. The molecule has 1 atom stereocenters. The van der Waals surface area contributed by atoms with Crippen molar-refractivity contribution in [3.05, 3.63) is 29.8 Å². The molecular formula is C20H28F2N2O3. The van der Waals surface area contributed by atoms with Gasteiger partial charge in [0.2, 0.25) is 11.8 Å². The van der Waals surface area contributed by atoms with E-state index in [1.54, 1.807) is 6.92 Å². The molecule has 1 N–H and O–H groups in total. The zero-order valence-corrected chi connectivity index (χ0v) is 16.4. The minimum atomic E-state index is -0.774. The first kappa shape index (κ1) is 21.1. The molecular weight excluding hydrogens is 354 g/mol. The molecule has 0 aliphatic carbocycles. The van der Waals surface area contributed by atoms with E-state index in [4.69, 9.17) is 4.74 Å². The number of hydrogen-bond acceptors (Lipinski definition) is 3. The Morgan fingerprint density at radius 3 is 2.44 bits per heavy atom. The lowest BCUT2D eigenvalue weighted by molar-refractivity contribution is -0.142. The Morgan fingerprint density at radius 1 is 1.26 bits per heavy atom. The van der Waals surface area contributed by atoms with Crippen LogP contribution in [0.5, 0.6) is 5.75 Å². The fourth-order valence-electron chi connectivity index (χ4n) is 3.03. The Bertz CT molecular complexity index is 680. The van der Waals surface area contributed by atoms with Gasteiger partial charge in [0.05, 0.1) is 6.04 Å². The summed E-state index contributed by atoms with van der Waals surface area (Å²) >= 11 is 0. The molecule has 5 nitrogen and oxygen atoms in total. The standard InChI is InChI=1S/C20H28F2N2O3/c1-13(12-27-17-6-5-15(21)11-16(17)22)23-18(25)14-7-9-24(10-8-14)19(26)20(2,3)4/h5-6,11,13-14H,7-10,12H2,1-4H3,(H,23,25). The molecule has 0 spiro atoms. The van der Waals surface area contributed by atoms with Crippen molar-refractivity contribution in [2.24, 2.45) is 11.3 Å². The van der Waals surface area contributed by atoms with Gasteiger partial charge in [0.15, 0.2) is 11.6 Å². The van der Waals surface area contributed by atoms with Crippen molar-refractivity contribution in [3.63, 3.8) is 0 Å². The Balaban J connectivity index is 1.77. The highest BCUT2D eigenvalue weighted by Gasteiger charge is 2.32. The maximum absolute atomic E-state index is 13.6. The second-order valence-electron chi connectivity index (χ2n) is 8.11. The summed E-state index contributed by atoms with van der Waals surface area (Å²) in [4.78, 5) is 26.5. The highest BCUT2D eigenvalue weighted by molar-refractivity contribution is 5.82. The minimum Gasteiger partial charge on any atom is -0.488 e. The van der Waals surface area contributed by atoms with Gasteiger partial charge in [0.25, 0.3) is 0 Å². The van der Waals surface area contributed by atoms with Gasteiger partial charge in [-0.2, -0.15) is 0 Å². The van der Waals surface area contributed by atoms with Crippen LogP contribution in [0.4, 0.5) is 8.78 Å². The number of carbonyl (C=O) groups is 2. The molecule has 2 rings (SSSR count). The van der Waals surface area contributed by atoms with Gasteiger partial charge < -0.3 is 15.0 Å². The van der Waals surface area contributed by atoms with Crippen molar-refractivity contribution in [2.45, 2.75) is 46.6 Å². The number of benzene rings is 1. The zero-order chi connectivity index (χ0) is 20.2. The molecule has 1 unspecified atom stereocenters. The molecule has 0 aromatic heterocycles. The van der Waals surface area contributed by atoms with Crippen LogP contribution >= 0.6 is 0 Å². The molecule has 1 aliphatic rings. The zero-order valence-electron chi connectivity index (χ0n) is 16.4. The monoisotopic (exact) mass is 382 g/mol. The van der Waals surface area contributed by atoms with E-state index >= 15 is 0 Å². The van der Waals surface area contributed by atoms with Gasteiger partial charge in [-0.05, 0) is 31.9 Å². The molecule has 1 aromatic rings. The predicted molar refractivity (Wildman–Crippen MR) is 98.2 cm³/mol. The second-order valence-corrected chi connectivity index (χ2v) is 8.11. The number of piperidine rings is 1. The van der Waals surface area contributed by atoms with E-state index in [1.165, 1.54) is 6.07 Å². The molecule has 1 heterocycles. The molecule has 0 bridgehead atoms. The van der Waals surface area contributed by atoms with Gasteiger partial charge in [-0.25, -0.2) is 8.78 Å². The molecule has 0 saturated carbocycles. The summed E-state index contributed by atoms with van der Waals surface area (Å²) in [6.45, 7) is 8.65. The number of likely N-dealkylation sites (tertiary alicyclic amines) is 1. The normalized spacial score (nSPS) is 16.7. The molecule has 1 fully saturated rings. The average Bonchev–Trinajstić information content (AvgIpc) is 2.59. The number of halogens is 2. The Labute approximate surface area is 159 Å². The van der Waals surface area contributed by atoms with Gasteiger partial charge in [-0.15, -0.1) is 0 Å². The lowest BCUT2D eigenvalue weighted by Crippen LogP contribution is -2.48. The predicted octanol–water partition coefficient (Wildman–Crippen LogP) is 3.13. The number of nitrogens with zero attached hydrogens (tertiary/aromatic N) is 1. The van der Waals surface area contributed by atoms with Crippen LogP contribution < -0.4 is 10.1 Å². The number of rotatable bonds is 5. The number of nitrogens with one attached hydrogen (secondary N) is 1. The Hall–Kier alpha value is -2.18. The number of carbonyl (C=O) groups excluding carboxylic acids is 2. The van der Waals surface area contributed by atoms with Gasteiger partial charge in [0, 0.05) is 30.5 Å². The van der Waals surface area contributed by atoms with Crippen LogP contribution in [0.3, 0.4) is 0 Å². The summed E-state index contributed by atoms with van der Waals surface area (Å²) in [5.41, 5.74) is -0.420. The largest absolute Gasteiger partial charge is 0.488 e. The molecule has 27 heavy (non-hydrogen) atoms. The quantitative estimate of drug-likeness (QED) is 0.851. The Kier molecular flexibility index (Phi) is 6.78. The fraction of sp³-hybridized carbons (Fsp3) is 0.600. The van der Waals surface area contributed by atoms with E-state index in [9.17, 15) is 18.4 Å². The third-order valence-corrected chi connectivity index (χ3v) is 4.57. The van der Waals surface area contributed by atoms with E-state index in [-0.39, 0.29) is 36.1 Å². The van der Waals surface area contributed by atoms with Crippen LogP contribution in [0.1, 0.15) is 40.5 Å². The van der Waals surface area contributed by atoms with Gasteiger partial charge in [0.1, 0.15) is 12.4 Å². The first-order chi connectivity index (χ1) is 12.6. The van der Waals surface area contributed by atoms with Gasteiger partial charge in [-0.1, -0.05) is 20.8 Å². The summed E-state index contributed by atoms with van der Waals surface area (Å²) < 4.78 is 31.8. The first-order valence-corrected chi connectivity index (χ1v) is 9.25. The van der Waals surface area contributed by atoms with Crippen LogP contribution in [-0.4, -0.2) is 42.5 Å². The summed E-state index contributed by atoms with van der Waals surface area (Å²) in [5, 5.41) is 2.86. The highest BCUT2D eigenvalue weighted by Crippen LogP contribution is 2.24. The van der Waals surface area contributed by atoms with Crippen molar-refractivity contribution >= 4 is 11.8 Å². The van der Waals surface area contributed by atoms with Crippen molar-refractivity contribution in [1.82, 2.24) is 10.2 Å². The maximum atomic E-state index is 13.6. The third-order valence-electron chi connectivity index (χ3n) is 4.57. The first-order valence-electron chi connectivity index (χ1n) is 9.25. The van der Waals surface area contributed by atoms with Crippen molar-refractivity contribution in [1.29, 1.82) is 0 Å². The third kappa shape index (κ3) is 5.91. The summed E-state index contributed by atoms with van der Waals surface area (Å²) in [5.74, 6) is -1.63. The van der Waals surface area contributed by atoms with Crippen molar-refractivity contribution in [2.75, 3.05) is 19.7 Å². The lowest BCUT2D eigenvalue weighted by Gasteiger charge is -2.35. The molecule has 2 amide bonds. The SMILES string of the molecule is CC(COc1ccc(F)cc1F)NC(=O)C1CCN(C(=O)C(C)(C)C)CC1. The second kappa shape index (κ2) is 8.67. The summed E-state index contributed by atoms with van der Waals surface area (Å²) in [7, 11) is 0. The smallest absolute Gasteiger partial charge is 0.227 e. The maximum Gasteiger partial charge on any atom is 0.227 e. The van der Waals surface area contributed by atoms with Gasteiger partial charge >= 0.3 is 0 Å². The lowest BCUT2D eigenvalue weighted by atomic mass is 9.90. The van der Waals surface area contributed by atoms with Crippen molar-refractivity contribution in [3.8, 4) is 5.75 Å². The highest BCUT2D eigenvalue weighted by atomic mass is 19.1.